The molecule has 5 rings (SSSR count). The Hall–Kier alpha value is -3.38. The molecule has 2 aromatic carbocycles. The van der Waals surface area contributed by atoms with Crippen molar-refractivity contribution in [2.45, 2.75) is 61.4 Å². The number of hydrogen-bond donors (Lipinski definition) is 10. The van der Waals surface area contributed by atoms with E-state index in [4.69, 9.17) is 23.7 Å². The fourth-order valence-electron chi connectivity index (χ4n) is 4.67. The number of rotatable bonds is 6. The molecule has 41 heavy (non-hydrogen) atoms. The molecule has 3 heterocycles. The first-order chi connectivity index (χ1) is 19.5. The summed E-state index contributed by atoms with van der Waals surface area (Å²) in [5.74, 6) is -1.46. The Morgan fingerprint density at radius 3 is 2.22 bits per heavy atom. The van der Waals surface area contributed by atoms with Crippen molar-refractivity contribution in [3.05, 3.63) is 47.2 Å². The van der Waals surface area contributed by atoms with Crippen LogP contribution in [0.5, 0.6) is 28.7 Å². The number of aliphatic hydroxyl groups excluding tert-OH is 7. The van der Waals surface area contributed by atoms with Crippen LogP contribution in [0.2, 0.25) is 0 Å². The Labute approximate surface area is 231 Å². The highest BCUT2D eigenvalue weighted by Gasteiger charge is 2.45. The first-order valence-electron chi connectivity index (χ1n) is 12.5. The van der Waals surface area contributed by atoms with Crippen molar-refractivity contribution < 1.29 is 74.7 Å². The van der Waals surface area contributed by atoms with E-state index in [1.165, 1.54) is 30.3 Å². The number of benzene rings is 2. The Bertz CT molecular complexity index is 1280. The SMILES string of the molecule is OC[C@H]1O[C@@H](Oc2cc(O)cc3c2C=C(O[C@@H]2OC[C@H](O)[C@H](O)[C@@H]2O)C(c2ccc(O)c(O)c2)O3)[C@H](O)[C@@H](O)[C@@H]1O. The van der Waals surface area contributed by atoms with Crippen LogP contribution in [0.4, 0.5) is 0 Å². The first-order valence-corrected chi connectivity index (χ1v) is 12.5. The summed E-state index contributed by atoms with van der Waals surface area (Å²) >= 11 is 0. The molecule has 10 N–H and O–H groups in total. The first kappa shape index (κ1) is 29.1. The fraction of sp³-hybridized carbons (Fsp3) is 0.462. The molecule has 15 nitrogen and oxygen atoms in total. The van der Waals surface area contributed by atoms with E-state index in [1.54, 1.807) is 0 Å². The topological polar surface area (TPSA) is 248 Å². The Balaban J connectivity index is 1.53. The maximum Gasteiger partial charge on any atom is 0.229 e. The molecule has 0 aliphatic carbocycles. The molecular weight excluding hydrogens is 552 g/mol. The molecule has 10 atom stereocenters. The van der Waals surface area contributed by atoms with Crippen LogP contribution in [0, 0.1) is 0 Å². The van der Waals surface area contributed by atoms with Crippen molar-refractivity contribution in [1.82, 2.24) is 0 Å². The highest BCUT2D eigenvalue weighted by molar-refractivity contribution is 5.70. The van der Waals surface area contributed by atoms with E-state index in [-0.39, 0.29) is 40.7 Å². The number of fused-ring (bicyclic) bond motifs is 1. The van der Waals surface area contributed by atoms with Gasteiger partial charge in [-0.1, -0.05) is 6.07 Å². The lowest BCUT2D eigenvalue weighted by molar-refractivity contribution is -0.277. The van der Waals surface area contributed by atoms with Crippen LogP contribution < -0.4 is 9.47 Å². The van der Waals surface area contributed by atoms with Crippen LogP contribution in [0.25, 0.3) is 6.08 Å². The number of phenols is 3. The maximum absolute atomic E-state index is 10.4. The van der Waals surface area contributed by atoms with Crippen molar-refractivity contribution >= 4 is 6.08 Å². The maximum atomic E-state index is 10.4. The molecule has 0 amide bonds. The number of hydrogen-bond acceptors (Lipinski definition) is 15. The Morgan fingerprint density at radius 2 is 1.51 bits per heavy atom. The van der Waals surface area contributed by atoms with Gasteiger partial charge in [-0.25, -0.2) is 0 Å². The highest BCUT2D eigenvalue weighted by Crippen LogP contribution is 2.46. The summed E-state index contributed by atoms with van der Waals surface area (Å²) in [7, 11) is 0. The third-order valence-corrected chi connectivity index (χ3v) is 6.98. The summed E-state index contributed by atoms with van der Waals surface area (Å²) in [6.45, 7) is -1.06. The van der Waals surface area contributed by atoms with E-state index in [9.17, 15) is 51.1 Å². The molecule has 3 aliphatic heterocycles. The van der Waals surface area contributed by atoms with E-state index in [0.29, 0.717) is 0 Å². The number of aliphatic hydroxyl groups is 7. The van der Waals surface area contributed by atoms with Crippen molar-refractivity contribution in [2.75, 3.05) is 13.2 Å². The largest absolute Gasteiger partial charge is 0.508 e. The van der Waals surface area contributed by atoms with Crippen molar-refractivity contribution in [3.63, 3.8) is 0 Å². The summed E-state index contributed by atoms with van der Waals surface area (Å²) in [6, 6.07) is 6.15. The van der Waals surface area contributed by atoms with Gasteiger partial charge < -0.3 is 74.7 Å². The monoisotopic (exact) mass is 582 g/mol. The van der Waals surface area contributed by atoms with E-state index in [0.717, 1.165) is 6.07 Å². The van der Waals surface area contributed by atoms with Gasteiger partial charge in [0.2, 0.25) is 12.6 Å². The zero-order chi connectivity index (χ0) is 29.6. The molecule has 2 fully saturated rings. The molecular formula is C26H30O15. The molecule has 0 bridgehead atoms. The zero-order valence-corrected chi connectivity index (χ0v) is 21.2. The second-order valence-electron chi connectivity index (χ2n) is 9.83. The lowest BCUT2D eigenvalue weighted by atomic mass is 9.99. The fourth-order valence-corrected chi connectivity index (χ4v) is 4.67. The summed E-state index contributed by atoms with van der Waals surface area (Å²) in [5.41, 5.74) is 0.364. The average Bonchev–Trinajstić information content (AvgIpc) is 2.95. The lowest BCUT2D eigenvalue weighted by Crippen LogP contribution is -2.60. The van der Waals surface area contributed by atoms with Gasteiger partial charge in [0.25, 0.3) is 0 Å². The van der Waals surface area contributed by atoms with E-state index >= 15 is 0 Å². The van der Waals surface area contributed by atoms with Crippen molar-refractivity contribution in [1.29, 1.82) is 0 Å². The van der Waals surface area contributed by atoms with Gasteiger partial charge in [-0.05, 0) is 18.2 Å². The normalized spacial score (nSPS) is 35.1. The van der Waals surface area contributed by atoms with Gasteiger partial charge in [-0.2, -0.15) is 0 Å². The summed E-state index contributed by atoms with van der Waals surface area (Å²) in [4.78, 5) is 0. The Morgan fingerprint density at radius 1 is 0.780 bits per heavy atom. The number of aromatic hydroxyl groups is 3. The van der Waals surface area contributed by atoms with E-state index < -0.39 is 79.5 Å². The van der Waals surface area contributed by atoms with Gasteiger partial charge >= 0.3 is 0 Å². The zero-order valence-electron chi connectivity index (χ0n) is 21.2. The number of ether oxygens (including phenoxy) is 5. The minimum Gasteiger partial charge on any atom is -0.508 e. The second-order valence-corrected chi connectivity index (χ2v) is 9.83. The van der Waals surface area contributed by atoms with Gasteiger partial charge in [0, 0.05) is 17.7 Å². The van der Waals surface area contributed by atoms with Crippen LogP contribution >= 0.6 is 0 Å². The van der Waals surface area contributed by atoms with Gasteiger partial charge in [-0.3, -0.25) is 0 Å². The van der Waals surface area contributed by atoms with Gasteiger partial charge in [0.15, 0.2) is 17.6 Å². The molecule has 1 unspecified atom stereocenters. The smallest absolute Gasteiger partial charge is 0.229 e. The third kappa shape index (κ3) is 5.59. The van der Waals surface area contributed by atoms with Crippen molar-refractivity contribution in [3.8, 4) is 28.7 Å². The molecule has 2 aromatic rings. The van der Waals surface area contributed by atoms with Crippen molar-refractivity contribution in [2.24, 2.45) is 0 Å². The molecule has 3 aliphatic rings. The molecule has 0 aromatic heterocycles. The van der Waals surface area contributed by atoms with Crippen LogP contribution in [-0.4, -0.2) is 120 Å². The van der Waals surface area contributed by atoms with E-state index in [1.807, 2.05) is 0 Å². The minimum absolute atomic E-state index is 0.00933. The third-order valence-electron chi connectivity index (χ3n) is 6.98. The molecule has 0 saturated carbocycles. The lowest BCUT2D eigenvalue weighted by Gasteiger charge is -2.40. The van der Waals surface area contributed by atoms with Crippen LogP contribution in [0.15, 0.2) is 36.1 Å². The molecule has 0 spiro atoms. The molecule has 2 saturated heterocycles. The van der Waals surface area contributed by atoms with Crippen LogP contribution in [-0.2, 0) is 14.2 Å². The van der Waals surface area contributed by atoms with E-state index in [2.05, 4.69) is 0 Å². The van der Waals surface area contributed by atoms with Crippen LogP contribution in [0.1, 0.15) is 17.2 Å². The molecule has 224 valence electrons. The van der Waals surface area contributed by atoms with Gasteiger partial charge in [-0.15, -0.1) is 0 Å². The number of phenolic OH excluding ortho intramolecular Hbond substituents is 3. The predicted octanol–water partition coefficient (Wildman–Crippen LogP) is -2.09. The standard InChI is InChI=1S/C26H30O15/c27-7-18-20(33)21(34)23(36)26(41-18)39-16-5-10(28)4-15-11(16)6-17(40-25-22(35)19(32)14(31)8-37-25)24(38-15)9-1-2-12(29)13(30)3-9/h1-6,14,18-36H,7-8H2/t14-,18+,19-,20+,21-,22-,23+,24?,25-,26+/m0/s1. The van der Waals surface area contributed by atoms with Gasteiger partial charge in [0.05, 0.1) is 18.8 Å². The molecule has 15 heteroatoms. The second kappa shape index (κ2) is 11.5. The quantitative estimate of drug-likeness (QED) is 0.164. The Kier molecular flexibility index (Phi) is 8.15. The van der Waals surface area contributed by atoms with Gasteiger partial charge in [0.1, 0.15) is 65.7 Å². The van der Waals surface area contributed by atoms with Crippen LogP contribution in [0.3, 0.4) is 0 Å². The summed E-state index contributed by atoms with van der Waals surface area (Å²) < 4.78 is 28.4. The average molecular weight is 583 g/mol. The minimum atomic E-state index is -1.76. The summed E-state index contributed by atoms with van der Waals surface area (Å²) in [6.07, 6.45) is -13.9. The molecule has 0 radical (unpaired) electrons. The predicted molar refractivity (Wildman–Crippen MR) is 132 cm³/mol. The highest BCUT2D eigenvalue weighted by atomic mass is 16.7. The summed E-state index contributed by atoms with van der Waals surface area (Å²) in [5, 5.41) is 101.